The van der Waals surface area contributed by atoms with E-state index >= 15 is 0 Å². The molecule has 0 spiro atoms. The molecule has 1 N–H and O–H groups in total. The van der Waals surface area contributed by atoms with E-state index in [-0.39, 0.29) is 23.0 Å². The van der Waals surface area contributed by atoms with Gasteiger partial charge in [0.15, 0.2) is 0 Å². The summed E-state index contributed by atoms with van der Waals surface area (Å²) in [5.74, 6) is 0.0915. The lowest BCUT2D eigenvalue weighted by Crippen LogP contribution is -2.51. The summed E-state index contributed by atoms with van der Waals surface area (Å²) in [5, 5.41) is 2.75. The van der Waals surface area contributed by atoms with Crippen LogP contribution in [0.15, 0.2) is 83.8 Å². The summed E-state index contributed by atoms with van der Waals surface area (Å²) in [6.45, 7) is 5.46. The summed E-state index contributed by atoms with van der Waals surface area (Å²) >= 11 is 0. The minimum absolute atomic E-state index is 0.0302. The number of carbonyl (C=O) groups excluding carboxylic acids is 2. The van der Waals surface area contributed by atoms with Crippen LogP contribution in [0.5, 0.6) is 11.5 Å². The van der Waals surface area contributed by atoms with Crippen molar-refractivity contribution in [2.24, 2.45) is 0 Å². The Kier molecular flexibility index (Phi) is 10.3. The number of methoxy groups -OCH3 is 1. The zero-order chi connectivity index (χ0) is 28.4. The largest absolute Gasteiger partial charge is 0.497 e. The van der Waals surface area contributed by atoms with Crippen molar-refractivity contribution in [3.8, 4) is 11.5 Å². The first-order chi connectivity index (χ1) is 18.7. The molecule has 10 heteroatoms. The summed E-state index contributed by atoms with van der Waals surface area (Å²) in [6, 6.07) is 20.8. The SMILES string of the molecule is CCNC(=O)[C@@H](C)N(Cc1ccc(OC)cc1)C(=O)CN(c1ccccc1OCC)S(=O)(=O)c1ccccc1. The maximum Gasteiger partial charge on any atom is 0.264 e. The predicted molar refractivity (Wildman–Crippen MR) is 150 cm³/mol. The van der Waals surface area contributed by atoms with Gasteiger partial charge < -0.3 is 19.7 Å². The van der Waals surface area contributed by atoms with E-state index < -0.39 is 28.5 Å². The van der Waals surface area contributed by atoms with Gasteiger partial charge in [-0.2, -0.15) is 0 Å². The van der Waals surface area contributed by atoms with Gasteiger partial charge in [-0.1, -0.05) is 42.5 Å². The number of para-hydroxylation sites is 2. The summed E-state index contributed by atoms with van der Waals surface area (Å²) in [4.78, 5) is 28.2. The molecule has 39 heavy (non-hydrogen) atoms. The number of nitrogens with zero attached hydrogens (tertiary/aromatic N) is 2. The lowest BCUT2D eigenvalue weighted by atomic mass is 10.1. The molecule has 3 aromatic carbocycles. The number of hydrogen-bond donors (Lipinski definition) is 1. The Hall–Kier alpha value is -4.05. The van der Waals surface area contributed by atoms with Crippen molar-refractivity contribution in [2.45, 2.75) is 38.3 Å². The molecule has 0 aliphatic rings. The van der Waals surface area contributed by atoms with Gasteiger partial charge in [0.1, 0.15) is 24.1 Å². The number of anilines is 1. The monoisotopic (exact) mass is 553 g/mol. The van der Waals surface area contributed by atoms with Crippen LogP contribution < -0.4 is 19.1 Å². The third-order valence-corrected chi connectivity index (χ3v) is 7.85. The molecule has 0 bridgehead atoms. The highest BCUT2D eigenvalue weighted by molar-refractivity contribution is 7.92. The van der Waals surface area contributed by atoms with E-state index in [1.54, 1.807) is 94.6 Å². The molecule has 0 unspecified atom stereocenters. The van der Waals surface area contributed by atoms with E-state index in [2.05, 4.69) is 5.32 Å². The molecule has 0 saturated carbocycles. The van der Waals surface area contributed by atoms with Gasteiger partial charge in [-0.15, -0.1) is 0 Å². The molecule has 0 aromatic heterocycles. The third-order valence-electron chi connectivity index (χ3n) is 6.07. The molecule has 208 valence electrons. The summed E-state index contributed by atoms with van der Waals surface area (Å²) in [6.07, 6.45) is 0. The number of likely N-dealkylation sites (N-methyl/N-ethyl adjacent to an activating group) is 1. The number of ether oxygens (including phenoxy) is 2. The van der Waals surface area contributed by atoms with Gasteiger partial charge in [-0.05, 0) is 62.7 Å². The Labute approximate surface area is 230 Å². The molecule has 3 aromatic rings. The number of benzene rings is 3. The zero-order valence-electron chi connectivity index (χ0n) is 22.7. The fourth-order valence-electron chi connectivity index (χ4n) is 4.01. The molecule has 0 fully saturated rings. The van der Waals surface area contributed by atoms with Gasteiger partial charge in [-0.3, -0.25) is 13.9 Å². The summed E-state index contributed by atoms with van der Waals surface area (Å²) in [5.41, 5.74) is 0.985. The second kappa shape index (κ2) is 13.7. The minimum atomic E-state index is -4.17. The van der Waals surface area contributed by atoms with Crippen LogP contribution in [0.1, 0.15) is 26.3 Å². The first kappa shape index (κ1) is 29.5. The maximum absolute atomic E-state index is 13.9. The molecule has 0 aliphatic heterocycles. The van der Waals surface area contributed by atoms with Gasteiger partial charge in [-0.25, -0.2) is 8.42 Å². The number of hydrogen-bond acceptors (Lipinski definition) is 6. The Balaban J connectivity index is 2.05. The molecule has 0 heterocycles. The Morgan fingerprint density at radius 1 is 0.923 bits per heavy atom. The average Bonchev–Trinajstić information content (AvgIpc) is 2.95. The highest BCUT2D eigenvalue weighted by Crippen LogP contribution is 2.33. The maximum atomic E-state index is 13.9. The first-order valence-corrected chi connectivity index (χ1v) is 14.2. The molecule has 3 rings (SSSR count). The van der Waals surface area contributed by atoms with Crippen LogP contribution in [0.25, 0.3) is 0 Å². The normalized spacial score (nSPS) is 11.8. The molecule has 0 radical (unpaired) electrons. The molecule has 0 saturated heterocycles. The van der Waals surface area contributed by atoms with Crippen LogP contribution in [0, 0.1) is 0 Å². The van der Waals surface area contributed by atoms with Crippen LogP contribution in [-0.4, -0.2) is 58.0 Å². The van der Waals surface area contributed by atoms with Gasteiger partial charge in [0.2, 0.25) is 11.8 Å². The number of rotatable bonds is 13. The van der Waals surface area contributed by atoms with Crippen molar-refractivity contribution in [3.63, 3.8) is 0 Å². The number of amides is 2. The quantitative estimate of drug-likeness (QED) is 0.345. The molecule has 0 aliphatic carbocycles. The minimum Gasteiger partial charge on any atom is -0.497 e. The lowest BCUT2D eigenvalue weighted by Gasteiger charge is -2.32. The standard InChI is InChI=1S/C29H35N3O6S/c1-5-30-29(34)22(3)31(20-23-16-18-24(37-4)19-17-23)28(33)21-32(26-14-10-11-15-27(26)38-6-2)39(35,36)25-12-8-7-9-13-25/h7-19,22H,5-6,20-21H2,1-4H3,(H,30,34)/t22-/m1/s1. The fourth-order valence-corrected chi connectivity index (χ4v) is 5.45. The van der Waals surface area contributed by atoms with Crippen LogP contribution in [0.3, 0.4) is 0 Å². The Bertz CT molecular complexity index is 1350. The third kappa shape index (κ3) is 7.29. The number of carbonyl (C=O) groups is 2. The predicted octanol–water partition coefficient (Wildman–Crippen LogP) is 3.84. The molecular formula is C29H35N3O6S. The lowest BCUT2D eigenvalue weighted by molar-refractivity contribution is -0.139. The summed E-state index contributed by atoms with van der Waals surface area (Å²) in [7, 11) is -2.61. The van der Waals surface area contributed by atoms with Gasteiger partial charge in [0.05, 0.1) is 24.3 Å². The Morgan fingerprint density at radius 3 is 2.18 bits per heavy atom. The summed E-state index contributed by atoms with van der Waals surface area (Å²) < 4.78 is 39.8. The van der Waals surface area contributed by atoms with Crippen molar-refractivity contribution >= 4 is 27.5 Å². The first-order valence-electron chi connectivity index (χ1n) is 12.7. The van der Waals surface area contributed by atoms with Crippen molar-refractivity contribution in [1.82, 2.24) is 10.2 Å². The van der Waals surface area contributed by atoms with E-state index in [9.17, 15) is 18.0 Å². The smallest absolute Gasteiger partial charge is 0.264 e. The molecular weight excluding hydrogens is 518 g/mol. The van der Waals surface area contributed by atoms with Crippen molar-refractivity contribution in [3.05, 3.63) is 84.4 Å². The average molecular weight is 554 g/mol. The zero-order valence-corrected chi connectivity index (χ0v) is 23.5. The van der Waals surface area contributed by atoms with E-state index in [0.29, 0.717) is 24.7 Å². The van der Waals surface area contributed by atoms with Crippen LogP contribution in [-0.2, 0) is 26.2 Å². The van der Waals surface area contributed by atoms with Crippen LogP contribution in [0.2, 0.25) is 0 Å². The molecule has 2 amide bonds. The van der Waals surface area contributed by atoms with E-state index in [1.807, 2.05) is 0 Å². The molecule has 1 atom stereocenters. The van der Waals surface area contributed by atoms with Crippen molar-refractivity contribution < 1.29 is 27.5 Å². The van der Waals surface area contributed by atoms with E-state index in [4.69, 9.17) is 9.47 Å². The van der Waals surface area contributed by atoms with Crippen molar-refractivity contribution in [2.75, 3.05) is 31.1 Å². The fraction of sp³-hybridized carbons (Fsp3) is 0.310. The number of nitrogens with one attached hydrogen (secondary N) is 1. The van der Waals surface area contributed by atoms with Gasteiger partial charge in [0, 0.05) is 13.1 Å². The highest BCUT2D eigenvalue weighted by atomic mass is 32.2. The Morgan fingerprint density at radius 2 is 1.56 bits per heavy atom. The van der Waals surface area contributed by atoms with E-state index in [1.165, 1.54) is 17.0 Å². The van der Waals surface area contributed by atoms with E-state index in [0.717, 1.165) is 9.87 Å². The van der Waals surface area contributed by atoms with Gasteiger partial charge >= 0.3 is 0 Å². The second-order valence-electron chi connectivity index (χ2n) is 8.67. The molecule has 9 nitrogen and oxygen atoms in total. The highest BCUT2D eigenvalue weighted by Gasteiger charge is 2.33. The number of sulfonamides is 1. The topological polar surface area (TPSA) is 105 Å². The van der Waals surface area contributed by atoms with Crippen LogP contribution >= 0.6 is 0 Å². The van der Waals surface area contributed by atoms with Crippen LogP contribution in [0.4, 0.5) is 5.69 Å². The van der Waals surface area contributed by atoms with Crippen molar-refractivity contribution in [1.29, 1.82) is 0 Å². The van der Waals surface area contributed by atoms with Gasteiger partial charge in [0.25, 0.3) is 10.0 Å². The second-order valence-corrected chi connectivity index (χ2v) is 10.5.